The van der Waals surface area contributed by atoms with Gasteiger partial charge in [-0.3, -0.25) is 4.79 Å². The Bertz CT molecular complexity index is 1040. The first-order chi connectivity index (χ1) is 15.0. The SMILES string of the molecule is COc1cccc(C(=O)O)c1OCC(=O)N(Cc1ccccc1)Cc1ccc(Cl)cc1. The number of para-hydroxylation sites is 1. The molecule has 0 aliphatic carbocycles. The molecule has 0 fully saturated rings. The second-order valence-electron chi connectivity index (χ2n) is 6.79. The Morgan fingerprint density at radius 1 is 0.903 bits per heavy atom. The fraction of sp³-hybridized carbons (Fsp3) is 0.167. The molecule has 6 nitrogen and oxygen atoms in total. The van der Waals surface area contributed by atoms with Crippen LogP contribution in [0.2, 0.25) is 5.02 Å². The monoisotopic (exact) mass is 439 g/mol. The third-order valence-corrected chi connectivity index (χ3v) is 4.88. The largest absolute Gasteiger partial charge is 0.493 e. The van der Waals surface area contributed by atoms with E-state index >= 15 is 0 Å². The van der Waals surface area contributed by atoms with Crippen LogP contribution in [0.15, 0.2) is 72.8 Å². The number of rotatable bonds is 9. The lowest BCUT2D eigenvalue weighted by molar-refractivity contribution is -0.134. The summed E-state index contributed by atoms with van der Waals surface area (Å²) in [5.74, 6) is -1.18. The van der Waals surface area contributed by atoms with Gasteiger partial charge in [0.25, 0.3) is 5.91 Å². The molecule has 0 heterocycles. The van der Waals surface area contributed by atoms with Gasteiger partial charge in [0.15, 0.2) is 18.1 Å². The molecule has 3 rings (SSSR count). The predicted molar refractivity (Wildman–Crippen MR) is 118 cm³/mol. The van der Waals surface area contributed by atoms with Crippen LogP contribution < -0.4 is 9.47 Å². The molecule has 1 N–H and O–H groups in total. The standard InChI is InChI=1S/C24H22ClNO5/c1-30-21-9-5-8-20(24(28)29)23(21)31-16-22(27)26(14-17-6-3-2-4-7-17)15-18-10-12-19(25)13-11-18/h2-13H,14-16H2,1H3,(H,28,29). The van der Waals surface area contributed by atoms with Crippen LogP contribution >= 0.6 is 11.6 Å². The van der Waals surface area contributed by atoms with Crippen molar-refractivity contribution in [2.24, 2.45) is 0 Å². The van der Waals surface area contributed by atoms with Crippen LogP contribution in [0, 0.1) is 0 Å². The molecule has 0 unspecified atom stereocenters. The molecule has 31 heavy (non-hydrogen) atoms. The van der Waals surface area contributed by atoms with E-state index in [0.717, 1.165) is 11.1 Å². The van der Waals surface area contributed by atoms with Gasteiger partial charge >= 0.3 is 5.97 Å². The Kier molecular flexibility index (Phi) is 7.51. The van der Waals surface area contributed by atoms with Gasteiger partial charge in [-0.25, -0.2) is 4.79 Å². The van der Waals surface area contributed by atoms with E-state index in [0.29, 0.717) is 18.1 Å². The number of amides is 1. The minimum Gasteiger partial charge on any atom is -0.493 e. The highest BCUT2D eigenvalue weighted by atomic mass is 35.5. The second kappa shape index (κ2) is 10.5. The fourth-order valence-electron chi connectivity index (χ4n) is 3.07. The summed E-state index contributed by atoms with van der Waals surface area (Å²) >= 11 is 5.97. The maximum Gasteiger partial charge on any atom is 0.339 e. The van der Waals surface area contributed by atoms with E-state index in [2.05, 4.69) is 0 Å². The van der Waals surface area contributed by atoms with Gasteiger partial charge in [0.1, 0.15) is 5.56 Å². The number of halogens is 1. The third-order valence-electron chi connectivity index (χ3n) is 4.62. The van der Waals surface area contributed by atoms with Crippen LogP contribution in [0.4, 0.5) is 0 Å². The van der Waals surface area contributed by atoms with E-state index < -0.39 is 5.97 Å². The predicted octanol–water partition coefficient (Wildman–Crippen LogP) is 4.65. The van der Waals surface area contributed by atoms with E-state index in [1.54, 1.807) is 29.2 Å². The van der Waals surface area contributed by atoms with Crippen LogP contribution in [0.25, 0.3) is 0 Å². The van der Waals surface area contributed by atoms with E-state index in [-0.39, 0.29) is 29.6 Å². The number of carboxylic acid groups (broad SMARTS) is 1. The Hall–Kier alpha value is -3.51. The molecule has 3 aromatic carbocycles. The second-order valence-corrected chi connectivity index (χ2v) is 7.23. The van der Waals surface area contributed by atoms with Crippen molar-refractivity contribution in [1.29, 1.82) is 0 Å². The van der Waals surface area contributed by atoms with Gasteiger partial charge in [-0.1, -0.05) is 60.1 Å². The van der Waals surface area contributed by atoms with Crippen molar-refractivity contribution >= 4 is 23.5 Å². The quantitative estimate of drug-likeness (QED) is 0.525. The highest BCUT2D eigenvalue weighted by Crippen LogP contribution is 2.31. The molecular formula is C24H22ClNO5. The average molecular weight is 440 g/mol. The zero-order chi connectivity index (χ0) is 22.2. The number of carboxylic acids is 1. The number of aromatic carboxylic acids is 1. The first-order valence-corrected chi connectivity index (χ1v) is 9.95. The van der Waals surface area contributed by atoms with Crippen molar-refractivity contribution in [2.75, 3.05) is 13.7 Å². The Morgan fingerprint density at radius 3 is 2.16 bits per heavy atom. The number of carbonyl (C=O) groups is 2. The van der Waals surface area contributed by atoms with Gasteiger partial charge in [-0.2, -0.15) is 0 Å². The van der Waals surface area contributed by atoms with Gasteiger partial charge in [0.2, 0.25) is 0 Å². The van der Waals surface area contributed by atoms with Crippen LogP contribution in [-0.4, -0.2) is 35.6 Å². The summed E-state index contributed by atoms with van der Waals surface area (Å²) in [4.78, 5) is 26.2. The number of methoxy groups -OCH3 is 1. The molecule has 0 saturated heterocycles. The molecule has 160 valence electrons. The minimum absolute atomic E-state index is 0.0250. The van der Waals surface area contributed by atoms with E-state index in [9.17, 15) is 14.7 Å². The number of hydrogen-bond donors (Lipinski definition) is 1. The first-order valence-electron chi connectivity index (χ1n) is 9.57. The molecule has 3 aromatic rings. The highest BCUT2D eigenvalue weighted by Gasteiger charge is 2.20. The highest BCUT2D eigenvalue weighted by molar-refractivity contribution is 6.30. The summed E-state index contributed by atoms with van der Waals surface area (Å²) in [5, 5.41) is 10.0. The molecule has 7 heteroatoms. The van der Waals surface area contributed by atoms with Crippen molar-refractivity contribution in [1.82, 2.24) is 4.90 Å². The number of nitrogens with zero attached hydrogens (tertiary/aromatic N) is 1. The van der Waals surface area contributed by atoms with Crippen LogP contribution in [-0.2, 0) is 17.9 Å². The topological polar surface area (TPSA) is 76.1 Å². The number of benzene rings is 3. The van der Waals surface area contributed by atoms with Gasteiger partial charge in [-0.05, 0) is 35.4 Å². The summed E-state index contributed by atoms with van der Waals surface area (Å²) in [6.07, 6.45) is 0. The normalized spacial score (nSPS) is 10.4. The van der Waals surface area contributed by atoms with E-state index in [1.807, 2.05) is 42.5 Å². The molecule has 0 aliphatic rings. The summed E-state index contributed by atoms with van der Waals surface area (Å²) in [5.41, 5.74) is 1.81. The fourth-order valence-corrected chi connectivity index (χ4v) is 3.19. The van der Waals surface area contributed by atoms with E-state index in [4.69, 9.17) is 21.1 Å². The zero-order valence-electron chi connectivity index (χ0n) is 17.0. The first kappa shape index (κ1) is 22.2. The van der Waals surface area contributed by atoms with Gasteiger partial charge in [0.05, 0.1) is 7.11 Å². The molecule has 0 aliphatic heterocycles. The lowest BCUT2D eigenvalue weighted by atomic mass is 10.1. The van der Waals surface area contributed by atoms with Crippen LogP contribution in [0.5, 0.6) is 11.5 Å². The Balaban J connectivity index is 1.80. The summed E-state index contributed by atoms with van der Waals surface area (Å²) in [6.45, 7) is 0.399. The lowest BCUT2D eigenvalue weighted by Crippen LogP contribution is -2.34. The molecule has 0 radical (unpaired) electrons. The van der Waals surface area contributed by atoms with Crippen molar-refractivity contribution in [2.45, 2.75) is 13.1 Å². The zero-order valence-corrected chi connectivity index (χ0v) is 17.7. The van der Waals surface area contributed by atoms with Crippen molar-refractivity contribution < 1.29 is 24.2 Å². The number of hydrogen-bond acceptors (Lipinski definition) is 4. The molecule has 0 atom stereocenters. The van der Waals surface area contributed by atoms with Crippen LogP contribution in [0.1, 0.15) is 21.5 Å². The molecule has 0 aromatic heterocycles. The molecular weight excluding hydrogens is 418 g/mol. The number of carbonyl (C=O) groups excluding carboxylic acids is 1. The van der Waals surface area contributed by atoms with Crippen molar-refractivity contribution in [3.05, 3.63) is 94.5 Å². The number of ether oxygens (including phenoxy) is 2. The summed E-state index contributed by atoms with van der Waals surface area (Å²) < 4.78 is 10.8. The van der Waals surface area contributed by atoms with Crippen molar-refractivity contribution in [3.63, 3.8) is 0 Å². The summed E-state index contributed by atoms with van der Waals surface area (Å²) in [7, 11) is 1.41. The van der Waals surface area contributed by atoms with Crippen molar-refractivity contribution in [3.8, 4) is 11.5 Å². The average Bonchev–Trinajstić information content (AvgIpc) is 2.78. The Morgan fingerprint density at radius 2 is 1.55 bits per heavy atom. The molecule has 1 amide bonds. The summed E-state index contributed by atoms with van der Waals surface area (Å²) in [6, 6.07) is 21.4. The maximum atomic E-state index is 13.1. The lowest BCUT2D eigenvalue weighted by Gasteiger charge is -2.24. The van der Waals surface area contributed by atoms with Gasteiger partial charge in [0, 0.05) is 18.1 Å². The Labute approximate surface area is 185 Å². The third kappa shape index (κ3) is 5.99. The van der Waals surface area contributed by atoms with Gasteiger partial charge < -0.3 is 19.5 Å². The molecule has 0 spiro atoms. The van der Waals surface area contributed by atoms with Gasteiger partial charge in [-0.15, -0.1) is 0 Å². The minimum atomic E-state index is -1.16. The van der Waals surface area contributed by atoms with E-state index in [1.165, 1.54) is 13.2 Å². The van der Waals surface area contributed by atoms with Crippen LogP contribution in [0.3, 0.4) is 0 Å². The molecule has 0 bridgehead atoms. The molecule has 0 saturated carbocycles. The smallest absolute Gasteiger partial charge is 0.339 e. The maximum absolute atomic E-state index is 13.1.